The number of ether oxygens (including phenoxy) is 2. The van der Waals surface area contributed by atoms with E-state index >= 15 is 0 Å². The van der Waals surface area contributed by atoms with E-state index in [0.29, 0.717) is 12.8 Å². The number of carbonyl (C=O) groups is 2. The van der Waals surface area contributed by atoms with Crippen molar-refractivity contribution in [3.63, 3.8) is 0 Å². The van der Waals surface area contributed by atoms with Crippen molar-refractivity contribution in [2.75, 3.05) is 26.4 Å². The van der Waals surface area contributed by atoms with Crippen molar-refractivity contribution in [2.45, 2.75) is 148 Å². The summed E-state index contributed by atoms with van der Waals surface area (Å²) in [5.74, 6) is -0.981. The number of unbranched alkanes of at least 4 members (excludes halogenated alkanes) is 8. The second-order valence-electron chi connectivity index (χ2n) is 13.1. The molecule has 0 heterocycles. The van der Waals surface area contributed by atoms with Crippen LogP contribution in [0, 0.1) is 0 Å². The number of hydrogen-bond acceptors (Lipinski definition) is 8. The molecule has 0 rings (SSSR count). The monoisotopic (exact) mass is 788 g/mol. The Balaban J connectivity index is 4.40. The largest absolute Gasteiger partial charge is 0.472 e. The summed E-state index contributed by atoms with van der Waals surface area (Å²) in [6, 6.07) is 0. The normalized spacial score (nSPS) is 14.3. The molecule has 9 nitrogen and oxygen atoms in total. The number of carbonyl (C=O) groups excluding carboxylic acids is 2. The van der Waals surface area contributed by atoms with Crippen LogP contribution in [0.25, 0.3) is 0 Å². The second-order valence-corrected chi connectivity index (χ2v) is 14.6. The molecule has 0 aliphatic carbocycles. The Morgan fingerprint density at radius 3 is 1.40 bits per heavy atom. The van der Waals surface area contributed by atoms with E-state index in [-0.39, 0.29) is 32.6 Å². The van der Waals surface area contributed by atoms with Crippen LogP contribution >= 0.6 is 7.82 Å². The summed E-state index contributed by atoms with van der Waals surface area (Å²) in [4.78, 5) is 34.8. The van der Waals surface area contributed by atoms with Gasteiger partial charge in [0.15, 0.2) is 6.10 Å². The van der Waals surface area contributed by atoms with E-state index in [1.807, 2.05) is 12.2 Å². The van der Waals surface area contributed by atoms with Crippen molar-refractivity contribution in [1.29, 1.82) is 0 Å². The topological polar surface area (TPSA) is 134 Å². The first-order valence-electron chi connectivity index (χ1n) is 20.7. The Kier molecular flexibility index (Phi) is 38.3. The Labute approximate surface area is 334 Å². The minimum atomic E-state index is -4.41. The lowest BCUT2D eigenvalue weighted by Gasteiger charge is -2.19. The highest BCUT2D eigenvalue weighted by molar-refractivity contribution is 7.47. The van der Waals surface area contributed by atoms with E-state index in [0.717, 1.165) is 57.8 Å². The summed E-state index contributed by atoms with van der Waals surface area (Å²) >= 11 is 0. The van der Waals surface area contributed by atoms with Crippen molar-refractivity contribution in [2.24, 2.45) is 5.73 Å². The maximum atomic E-state index is 12.5. The highest BCUT2D eigenvalue weighted by Gasteiger charge is 2.25. The first-order valence-corrected chi connectivity index (χ1v) is 22.2. The predicted molar refractivity (Wildman–Crippen MR) is 228 cm³/mol. The second kappa shape index (κ2) is 40.6. The van der Waals surface area contributed by atoms with Crippen LogP contribution < -0.4 is 5.73 Å². The molecule has 0 bridgehead atoms. The van der Waals surface area contributed by atoms with Crippen LogP contribution in [0.2, 0.25) is 0 Å². The summed E-state index contributed by atoms with van der Waals surface area (Å²) < 4.78 is 32.6. The molecular formula is C45H74NO8P. The molecule has 0 aromatic carbocycles. The van der Waals surface area contributed by atoms with Gasteiger partial charge in [0.2, 0.25) is 0 Å². The average Bonchev–Trinajstić information content (AvgIpc) is 3.17. The zero-order chi connectivity index (χ0) is 40.3. The fraction of sp³-hybridized carbons (Fsp3) is 0.600. The van der Waals surface area contributed by atoms with E-state index in [4.69, 9.17) is 24.3 Å². The fourth-order valence-electron chi connectivity index (χ4n) is 4.86. The zero-order valence-corrected chi connectivity index (χ0v) is 35.0. The lowest BCUT2D eigenvalue weighted by atomic mass is 10.1. The molecule has 0 fully saturated rings. The van der Waals surface area contributed by atoms with Crippen LogP contribution in [-0.2, 0) is 32.7 Å². The van der Waals surface area contributed by atoms with Crippen LogP contribution in [0.3, 0.4) is 0 Å². The minimum absolute atomic E-state index is 0.0324. The minimum Gasteiger partial charge on any atom is -0.462 e. The van der Waals surface area contributed by atoms with Gasteiger partial charge in [0.1, 0.15) is 6.61 Å². The van der Waals surface area contributed by atoms with E-state index in [1.165, 1.54) is 44.9 Å². The van der Waals surface area contributed by atoms with Crippen molar-refractivity contribution < 1.29 is 37.6 Å². The van der Waals surface area contributed by atoms with Crippen LogP contribution in [0.1, 0.15) is 142 Å². The molecule has 0 radical (unpaired) electrons. The summed E-state index contributed by atoms with van der Waals surface area (Å²) in [6.07, 6.45) is 51.7. The molecule has 2 atom stereocenters. The first kappa shape index (κ1) is 51.9. The Morgan fingerprint density at radius 2 is 0.964 bits per heavy atom. The van der Waals surface area contributed by atoms with Gasteiger partial charge in [0, 0.05) is 19.4 Å². The third kappa shape index (κ3) is 40.4. The lowest BCUT2D eigenvalue weighted by molar-refractivity contribution is -0.161. The number of nitrogens with two attached hydrogens (primary N) is 1. The standard InChI is InChI=1S/C45H74NO8P/c1-3-5-7-9-11-13-15-17-19-20-21-22-24-25-27-29-31-33-35-37-44(47)51-41-43(42-53-55(49,50)52-40-39-46)54-45(48)38-36-34-32-30-28-26-23-18-16-14-12-10-8-6-4-2/h11-14,17-19,21-23,25,27-28,30-31,33,43H,3-10,15-16,20,24,26,29,32,34-42,46H2,1-2H3,(H,49,50)/b13-11-,14-12-,19-17-,22-21-,23-18-,27-25-,30-28-,33-31-/t43-/m1/s1. The van der Waals surface area contributed by atoms with Crippen molar-refractivity contribution in [3.05, 3.63) is 97.2 Å². The third-order valence-corrected chi connectivity index (χ3v) is 8.94. The highest BCUT2D eigenvalue weighted by Crippen LogP contribution is 2.43. The fourth-order valence-corrected chi connectivity index (χ4v) is 5.62. The van der Waals surface area contributed by atoms with Gasteiger partial charge >= 0.3 is 19.8 Å². The molecule has 0 spiro atoms. The van der Waals surface area contributed by atoms with Gasteiger partial charge in [-0.15, -0.1) is 0 Å². The van der Waals surface area contributed by atoms with Gasteiger partial charge in [0.25, 0.3) is 0 Å². The molecule has 0 saturated heterocycles. The Morgan fingerprint density at radius 1 is 0.545 bits per heavy atom. The molecule has 0 aliphatic rings. The van der Waals surface area contributed by atoms with Crippen molar-refractivity contribution in [3.8, 4) is 0 Å². The smallest absolute Gasteiger partial charge is 0.462 e. The average molecular weight is 788 g/mol. The van der Waals surface area contributed by atoms with Crippen LogP contribution in [0.15, 0.2) is 97.2 Å². The Bertz CT molecular complexity index is 1220. The number of phosphoric acid groups is 1. The van der Waals surface area contributed by atoms with Crippen molar-refractivity contribution >= 4 is 19.8 Å². The van der Waals surface area contributed by atoms with Crippen LogP contribution in [0.5, 0.6) is 0 Å². The third-order valence-electron chi connectivity index (χ3n) is 7.96. The molecule has 0 aromatic rings. The molecule has 0 amide bonds. The quantitative estimate of drug-likeness (QED) is 0.0273. The van der Waals surface area contributed by atoms with Gasteiger partial charge in [0.05, 0.1) is 13.2 Å². The molecule has 10 heteroatoms. The zero-order valence-electron chi connectivity index (χ0n) is 34.1. The maximum Gasteiger partial charge on any atom is 0.472 e. The lowest BCUT2D eigenvalue weighted by Crippen LogP contribution is -2.29. The molecule has 312 valence electrons. The maximum absolute atomic E-state index is 12.5. The van der Waals surface area contributed by atoms with E-state index in [9.17, 15) is 19.0 Å². The summed E-state index contributed by atoms with van der Waals surface area (Å²) in [6.45, 7) is 3.51. The van der Waals surface area contributed by atoms with E-state index in [1.54, 1.807) is 0 Å². The van der Waals surface area contributed by atoms with Gasteiger partial charge in [-0.05, 0) is 89.9 Å². The number of esters is 2. The number of hydrogen-bond donors (Lipinski definition) is 2. The van der Waals surface area contributed by atoms with Gasteiger partial charge in [-0.25, -0.2) is 4.57 Å². The van der Waals surface area contributed by atoms with Gasteiger partial charge < -0.3 is 20.1 Å². The van der Waals surface area contributed by atoms with Crippen molar-refractivity contribution in [1.82, 2.24) is 0 Å². The van der Waals surface area contributed by atoms with Crippen LogP contribution in [-0.4, -0.2) is 49.3 Å². The van der Waals surface area contributed by atoms with E-state index < -0.39 is 32.5 Å². The molecule has 0 saturated carbocycles. The summed E-state index contributed by atoms with van der Waals surface area (Å²) in [7, 11) is -4.41. The highest BCUT2D eigenvalue weighted by atomic mass is 31.2. The molecular weight excluding hydrogens is 713 g/mol. The van der Waals surface area contributed by atoms with Gasteiger partial charge in [-0.2, -0.15) is 0 Å². The molecule has 55 heavy (non-hydrogen) atoms. The molecule has 1 unspecified atom stereocenters. The molecule has 3 N–H and O–H groups in total. The predicted octanol–water partition coefficient (Wildman–Crippen LogP) is 11.8. The van der Waals surface area contributed by atoms with Gasteiger partial charge in [-0.1, -0.05) is 137 Å². The number of phosphoric ester groups is 1. The summed E-state index contributed by atoms with van der Waals surface area (Å²) in [5.41, 5.74) is 5.33. The van der Waals surface area contributed by atoms with Crippen LogP contribution in [0.4, 0.5) is 0 Å². The number of allylic oxidation sites excluding steroid dienone is 16. The Hall–Kier alpha value is -3.07. The number of rotatable bonds is 37. The SMILES string of the molecule is CCCCC/C=C\C/C=C\C/C=C\C/C=C\C/C=C\CCC(=O)OC[C@H](COP(=O)(O)OCCN)OC(=O)CCCC/C=C\C/C=C\C/C=C\CCCCC. The molecule has 0 aromatic heterocycles. The first-order chi connectivity index (χ1) is 26.8. The van der Waals surface area contributed by atoms with E-state index in [2.05, 4.69) is 98.9 Å². The summed E-state index contributed by atoms with van der Waals surface area (Å²) in [5, 5.41) is 0. The van der Waals surface area contributed by atoms with Gasteiger partial charge in [-0.3, -0.25) is 18.6 Å². The molecule has 0 aliphatic heterocycles.